The van der Waals surface area contributed by atoms with Crippen LogP contribution in [0.4, 0.5) is 0 Å². The van der Waals surface area contributed by atoms with Crippen molar-refractivity contribution in [3.05, 3.63) is 11.6 Å². The molecule has 2 rings (SSSR count). The molecule has 1 atom stereocenters. The van der Waals surface area contributed by atoms with Crippen LogP contribution >= 0.6 is 0 Å². The van der Waals surface area contributed by atoms with E-state index in [0.717, 1.165) is 18.6 Å². The van der Waals surface area contributed by atoms with Crippen LogP contribution in [-0.4, -0.2) is 38.5 Å². The van der Waals surface area contributed by atoms with Crippen molar-refractivity contribution in [2.75, 3.05) is 7.05 Å². The van der Waals surface area contributed by atoms with Crippen molar-refractivity contribution in [1.29, 1.82) is 0 Å². The molecule has 2 aliphatic rings. The molecule has 2 nitrogen and oxygen atoms in total. The third-order valence-electron chi connectivity index (χ3n) is 6.80. The lowest BCUT2D eigenvalue weighted by Gasteiger charge is -2.35. The highest BCUT2D eigenvalue weighted by Crippen LogP contribution is 2.59. The van der Waals surface area contributed by atoms with Gasteiger partial charge in [-0.15, -0.1) is 0 Å². The summed E-state index contributed by atoms with van der Waals surface area (Å²) in [5.74, 6) is 0.266. The van der Waals surface area contributed by atoms with E-state index in [9.17, 15) is 4.79 Å². The zero-order valence-electron chi connectivity index (χ0n) is 16.6. The van der Waals surface area contributed by atoms with Crippen molar-refractivity contribution in [3.63, 3.8) is 0 Å². The van der Waals surface area contributed by atoms with Gasteiger partial charge in [0.2, 0.25) is 5.91 Å². The molecule has 0 aromatic carbocycles. The zero-order chi connectivity index (χ0) is 17.6. The van der Waals surface area contributed by atoms with Crippen LogP contribution in [0.25, 0.3) is 0 Å². The first-order valence-corrected chi connectivity index (χ1v) is 9.31. The van der Waals surface area contributed by atoms with Crippen LogP contribution in [0.15, 0.2) is 11.6 Å². The molecule has 1 saturated heterocycles. The van der Waals surface area contributed by atoms with Gasteiger partial charge in [-0.3, -0.25) is 4.79 Å². The Bertz CT molecular complexity index is 486. The zero-order valence-corrected chi connectivity index (χ0v) is 16.6. The summed E-state index contributed by atoms with van der Waals surface area (Å²) in [7, 11) is 4.61. The Kier molecular flexibility index (Phi) is 4.88. The first-order valence-electron chi connectivity index (χ1n) is 9.31. The van der Waals surface area contributed by atoms with E-state index in [1.165, 1.54) is 21.0 Å². The molecule has 1 heterocycles. The quantitative estimate of drug-likeness (QED) is 0.557. The van der Waals surface area contributed by atoms with E-state index >= 15 is 0 Å². The maximum absolute atomic E-state index is 12.5. The minimum atomic E-state index is -0.280. The molecule has 1 fully saturated rings. The fraction of sp³-hybridized carbons (Fsp3) is 0.842. The van der Waals surface area contributed by atoms with Crippen molar-refractivity contribution in [1.82, 2.24) is 4.90 Å². The second-order valence-corrected chi connectivity index (χ2v) is 10.2. The highest BCUT2D eigenvalue weighted by atomic mass is 16.2. The Hall–Kier alpha value is -0.660. The van der Waals surface area contributed by atoms with Gasteiger partial charge >= 0.3 is 0 Å². The topological polar surface area (TPSA) is 20.3 Å². The van der Waals surface area contributed by atoms with Crippen molar-refractivity contribution in [3.8, 4) is 0 Å². The number of carbonyl (C=O) groups is 1. The Labute approximate surface area is 145 Å². The van der Waals surface area contributed by atoms with E-state index < -0.39 is 0 Å². The van der Waals surface area contributed by atoms with Crippen LogP contribution in [0.3, 0.4) is 0 Å². The van der Waals surface area contributed by atoms with Crippen LogP contribution in [0.2, 0.25) is 16.3 Å². The van der Waals surface area contributed by atoms with Gasteiger partial charge in [-0.05, 0) is 19.3 Å². The van der Waals surface area contributed by atoms with Crippen molar-refractivity contribution in [2.24, 2.45) is 5.41 Å². The average molecular weight is 315 g/mol. The van der Waals surface area contributed by atoms with Gasteiger partial charge in [0.15, 0.2) is 0 Å². The first kappa shape index (κ1) is 18.7. The van der Waals surface area contributed by atoms with E-state index in [4.69, 9.17) is 0 Å². The second kappa shape index (κ2) is 6.01. The highest BCUT2D eigenvalue weighted by molar-refractivity contribution is 6.70. The van der Waals surface area contributed by atoms with Gasteiger partial charge in [0.25, 0.3) is 0 Å². The van der Waals surface area contributed by atoms with Gasteiger partial charge in [0.1, 0.15) is 14.6 Å². The summed E-state index contributed by atoms with van der Waals surface area (Å²) in [5, 5.41) is 0.850. The molecule has 23 heavy (non-hydrogen) atoms. The molecular formula is C19H35B2NO. The summed E-state index contributed by atoms with van der Waals surface area (Å²) in [4.78, 5) is 14.5. The predicted molar refractivity (Wildman–Crippen MR) is 104 cm³/mol. The van der Waals surface area contributed by atoms with E-state index in [-0.39, 0.29) is 11.3 Å². The molecule has 1 amide bonds. The summed E-state index contributed by atoms with van der Waals surface area (Å²) >= 11 is 0. The maximum Gasteiger partial charge on any atom is 0.227 e. The van der Waals surface area contributed by atoms with E-state index in [1.54, 1.807) is 5.57 Å². The van der Waals surface area contributed by atoms with Crippen molar-refractivity contribution in [2.45, 2.75) is 90.1 Å². The fourth-order valence-electron chi connectivity index (χ4n) is 4.38. The maximum atomic E-state index is 12.5. The molecule has 0 aromatic heterocycles. The van der Waals surface area contributed by atoms with Gasteiger partial charge < -0.3 is 4.90 Å². The lowest BCUT2D eigenvalue weighted by molar-refractivity contribution is -0.140. The third kappa shape index (κ3) is 3.72. The summed E-state index contributed by atoms with van der Waals surface area (Å²) in [5.41, 5.74) is 2.14. The number of amides is 1. The molecular weight excluding hydrogens is 280 g/mol. The van der Waals surface area contributed by atoms with E-state index in [2.05, 4.69) is 33.8 Å². The molecule has 4 heteroatoms. The summed E-state index contributed by atoms with van der Waals surface area (Å²) in [6.07, 6.45) is 5.79. The first-order chi connectivity index (χ1) is 10.3. The Balaban J connectivity index is 2.01. The summed E-state index contributed by atoms with van der Waals surface area (Å²) in [6.45, 7) is 15.7. The third-order valence-corrected chi connectivity index (χ3v) is 6.80. The van der Waals surface area contributed by atoms with Crippen molar-refractivity contribution >= 4 is 20.5 Å². The van der Waals surface area contributed by atoms with Gasteiger partial charge in [0, 0.05) is 18.5 Å². The molecule has 0 radical (unpaired) electrons. The number of allylic oxidation sites excluding steroid dienone is 1. The van der Waals surface area contributed by atoms with E-state index in [1.807, 2.05) is 32.7 Å². The SMILES string of the molecule is CN(C(=O)C(C)(C)C)C1CC=C(C2BC(C)(C)C(C)(C)B2)CC1. The lowest BCUT2D eigenvalue weighted by atomic mass is 9.45. The largest absolute Gasteiger partial charge is 0.342 e. The number of carbonyl (C=O) groups excluding carboxylic acids is 1. The number of hydrogen-bond donors (Lipinski definition) is 0. The molecule has 0 bridgehead atoms. The number of nitrogens with zero attached hydrogens (tertiary/aromatic N) is 1. The van der Waals surface area contributed by atoms with Crippen molar-refractivity contribution < 1.29 is 4.79 Å². The molecule has 1 unspecified atom stereocenters. The lowest BCUT2D eigenvalue weighted by Crippen LogP contribution is -2.43. The highest BCUT2D eigenvalue weighted by Gasteiger charge is 2.48. The minimum Gasteiger partial charge on any atom is -0.342 e. The average Bonchev–Trinajstić information content (AvgIpc) is 2.65. The summed E-state index contributed by atoms with van der Waals surface area (Å²) < 4.78 is 0. The normalized spacial score (nSPS) is 27.0. The summed E-state index contributed by atoms with van der Waals surface area (Å²) in [6, 6.07) is 0.382. The smallest absolute Gasteiger partial charge is 0.227 e. The monoisotopic (exact) mass is 315 g/mol. The molecule has 128 valence electrons. The number of rotatable bonds is 2. The van der Waals surface area contributed by atoms with Gasteiger partial charge in [0.05, 0.1) is 0 Å². The standard InChI is InChI=1S/C19H35B2NO/c1-17(2,3)16(23)22(8)14-11-9-13(10-12-14)15-20-18(4,5)19(6,7)21-15/h9,14-15,20-21H,10-12H2,1-8H3. The molecule has 0 N–H and O–H groups in total. The Morgan fingerprint density at radius 2 is 1.70 bits per heavy atom. The minimum absolute atomic E-state index is 0.266. The van der Waals surface area contributed by atoms with Gasteiger partial charge in [-0.1, -0.05) is 76.5 Å². The fourth-order valence-corrected chi connectivity index (χ4v) is 4.38. The van der Waals surface area contributed by atoms with Crippen LogP contribution in [0.5, 0.6) is 0 Å². The molecule has 0 saturated carbocycles. The molecule has 0 spiro atoms. The molecule has 0 aromatic rings. The predicted octanol–water partition coefficient (Wildman–Crippen LogP) is 4.00. The molecule has 1 aliphatic heterocycles. The second-order valence-electron chi connectivity index (χ2n) is 10.2. The van der Waals surface area contributed by atoms with Gasteiger partial charge in [-0.25, -0.2) is 0 Å². The Morgan fingerprint density at radius 1 is 1.17 bits per heavy atom. The van der Waals surface area contributed by atoms with E-state index in [0.29, 0.717) is 16.7 Å². The van der Waals surface area contributed by atoms with Crippen LogP contribution in [0.1, 0.15) is 67.7 Å². The molecule has 1 aliphatic carbocycles. The van der Waals surface area contributed by atoms with Crippen LogP contribution < -0.4 is 0 Å². The van der Waals surface area contributed by atoms with Crippen LogP contribution in [0, 0.1) is 5.41 Å². The Morgan fingerprint density at radius 3 is 2.09 bits per heavy atom. The number of hydrogen-bond acceptors (Lipinski definition) is 1. The van der Waals surface area contributed by atoms with Crippen LogP contribution in [-0.2, 0) is 4.79 Å². The van der Waals surface area contributed by atoms with Gasteiger partial charge in [-0.2, -0.15) is 0 Å².